The standard InChI is InChI=1S/C18H36N2O2/c1-15-7-11-19(13-17(15)21)9-5-3-4-6-10-20-12-8-16(2)18(22)14-20/h15-18,21-22H,3-14H2,1-2H3. The van der Waals surface area contributed by atoms with Gasteiger partial charge in [0, 0.05) is 13.1 Å². The zero-order chi connectivity index (χ0) is 15.9. The summed E-state index contributed by atoms with van der Waals surface area (Å²) in [5.74, 6) is 0.942. The lowest BCUT2D eigenvalue weighted by molar-refractivity contribution is 0.0270. The smallest absolute Gasteiger partial charge is 0.0693 e. The van der Waals surface area contributed by atoms with Crippen LogP contribution in [0.15, 0.2) is 0 Å². The lowest BCUT2D eigenvalue weighted by atomic mass is 9.95. The van der Waals surface area contributed by atoms with E-state index in [2.05, 4.69) is 23.6 Å². The summed E-state index contributed by atoms with van der Waals surface area (Å²) in [6, 6.07) is 0. The molecule has 2 heterocycles. The van der Waals surface area contributed by atoms with Crippen LogP contribution in [0.3, 0.4) is 0 Å². The molecule has 0 aromatic heterocycles. The van der Waals surface area contributed by atoms with Gasteiger partial charge in [0.1, 0.15) is 0 Å². The molecule has 22 heavy (non-hydrogen) atoms. The summed E-state index contributed by atoms with van der Waals surface area (Å²) in [5.41, 5.74) is 0. The number of aliphatic hydroxyl groups excluding tert-OH is 2. The Kier molecular flexibility index (Phi) is 7.61. The van der Waals surface area contributed by atoms with Crippen LogP contribution >= 0.6 is 0 Å². The highest BCUT2D eigenvalue weighted by molar-refractivity contribution is 4.78. The van der Waals surface area contributed by atoms with Crippen LogP contribution in [0.5, 0.6) is 0 Å². The van der Waals surface area contributed by atoms with Crippen LogP contribution in [-0.4, -0.2) is 71.5 Å². The zero-order valence-corrected chi connectivity index (χ0v) is 14.6. The fourth-order valence-corrected chi connectivity index (χ4v) is 3.66. The molecule has 0 aromatic rings. The van der Waals surface area contributed by atoms with Crippen molar-refractivity contribution in [2.45, 2.75) is 64.6 Å². The molecule has 130 valence electrons. The van der Waals surface area contributed by atoms with Gasteiger partial charge in [-0.25, -0.2) is 0 Å². The van der Waals surface area contributed by atoms with Gasteiger partial charge in [-0.15, -0.1) is 0 Å². The quantitative estimate of drug-likeness (QED) is 0.706. The van der Waals surface area contributed by atoms with Gasteiger partial charge in [0.05, 0.1) is 12.2 Å². The average Bonchev–Trinajstić information content (AvgIpc) is 2.50. The number of hydrogen-bond acceptors (Lipinski definition) is 4. The molecule has 0 radical (unpaired) electrons. The number of unbranched alkanes of at least 4 members (excludes halogenated alkanes) is 3. The van der Waals surface area contributed by atoms with Crippen molar-refractivity contribution in [3.8, 4) is 0 Å². The molecule has 4 atom stereocenters. The summed E-state index contributed by atoms with van der Waals surface area (Å²) in [5, 5.41) is 19.8. The molecule has 4 heteroatoms. The zero-order valence-electron chi connectivity index (χ0n) is 14.6. The van der Waals surface area contributed by atoms with Gasteiger partial charge in [-0.2, -0.15) is 0 Å². The van der Waals surface area contributed by atoms with E-state index in [4.69, 9.17) is 0 Å². The highest BCUT2D eigenvalue weighted by atomic mass is 16.3. The average molecular weight is 312 g/mol. The normalized spacial score (nSPS) is 34.9. The van der Waals surface area contributed by atoms with Crippen LogP contribution in [-0.2, 0) is 0 Å². The minimum Gasteiger partial charge on any atom is -0.392 e. The first-order valence-electron chi connectivity index (χ1n) is 9.37. The Hall–Kier alpha value is -0.160. The third-order valence-corrected chi connectivity index (χ3v) is 5.70. The van der Waals surface area contributed by atoms with Crippen molar-refractivity contribution in [2.24, 2.45) is 11.8 Å². The monoisotopic (exact) mass is 312 g/mol. The van der Waals surface area contributed by atoms with Gasteiger partial charge in [-0.3, -0.25) is 0 Å². The number of aliphatic hydroxyl groups is 2. The largest absolute Gasteiger partial charge is 0.392 e. The summed E-state index contributed by atoms with van der Waals surface area (Å²) < 4.78 is 0. The fraction of sp³-hybridized carbons (Fsp3) is 1.00. The maximum atomic E-state index is 9.91. The van der Waals surface area contributed by atoms with Crippen molar-refractivity contribution in [1.29, 1.82) is 0 Å². The second-order valence-corrected chi connectivity index (χ2v) is 7.68. The van der Waals surface area contributed by atoms with E-state index in [-0.39, 0.29) is 12.2 Å². The molecule has 0 amide bonds. The Morgan fingerprint density at radius 1 is 0.727 bits per heavy atom. The number of β-amino-alcohol motifs (C(OH)–C–C–N with tert-alkyl or cyclic N) is 2. The predicted molar refractivity (Wildman–Crippen MR) is 90.9 cm³/mol. The molecular weight excluding hydrogens is 276 g/mol. The molecule has 0 aromatic carbocycles. The lowest BCUT2D eigenvalue weighted by Gasteiger charge is -2.34. The van der Waals surface area contributed by atoms with E-state index in [0.717, 1.165) is 52.1 Å². The first-order valence-corrected chi connectivity index (χ1v) is 9.37. The third kappa shape index (κ3) is 5.80. The first-order chi connectivity index (χ1) is 10.6. The highest BCUT2D eigenvalue weighted by Gasteiger charge is 2.24. The Balaban J connectivity index is 1.46. The summed E-state index contributed by atoms with van der Waals surface area (Å²) in [6.07, 6.45) is 7.10. The molecule has 0 aliphatic carbocycles. The van der Waals surface area contributed by atoms with Crippen molar-refractivity contribution in [1.82, 2.24) is 9.80 Å². The Labute approximate surface area is 136 Å². The van der Waals surface area contributed by atoms with Crippen LogP contribution in [0.2, 0.25) is 0 Å². The lowest BCUT2D eigenvalue weighted by Crippen LogP contribution is -2.43. The minimum absolute atomic E-state index is 0.123. The number of rotatable bonds is 7. The summed E-state index contributed by atoms with van der Waals surface area (Å²) >= 11 is 0. The predicted octanol–water partition coefficient (Wildman–Crippen LogP) is 1.95. The molecule has 4 nitrogen and oxygen atoms in total. The fourth-order valence-electron chi connectivity index (χ4n) is 3.66. The van der Waals surface area contributed by atoms with Gasteiger partial charge >= 0.3 is 0 Å². The first kappa shape index (κ1) is 18.2. The molecule has 2 saturated heterocycles. The minimum atomic E-state index is -0.123. The van der Waals surface area contributed by atoms with Crippen molar-refractivity contribution < 1.29 is 10.2 Å². The van der Waals surface area contributed by atoms with Gasteiger partial charge in [0.15, 0.2) is 0 Å². The summed E-state index contributed by atoms with van der Waals surface area (Å²) in [4.78, 5) is 4.85. The molecule has 2 rings (SSSR count). The van der Waals surface area contributed by atoms with E-state index < -0.39 is 0 Å². The van der Waals surface area contributed by atoms with E-state index in [9.17, 15) is 10.2 Å². The van der Waals surface area contributed by atoms with Crippen LogP contribution in [0.4, 0.5) is 0 Å². The van der Waals surface area contributed by atoms with Crippen molar-refractivity contribution in [2.75, 3.05) is 39.3 Å². The van der Waals surface area contributed by atoms with E-state index in [0.29, 0.717) is 11.8 Å². The highest BCUT2D eigenvalue weighted by Crippen LogP contribution is 2.19. The van der Waals surface area contributed by atoms with E-state index in [1.54, 1.807) is 0 Å². The van der Waals surface area contributed by atoms with E-state index >= 15 is 0 Å². The molecule has 0 saturated carbocycles. The molecule has 0 bridgehead atoms. The molecular formula is C18H36N2O2. The summed E-state index contributed by atoms with van der Waals surface area (Å²) in [7, 11) is 0. The Morgan fingerprint density at radius 3 is 1.50 bits per heavy atom. The maximum Gasteiger partial charge on any atom is 0.0693 e. The van der Waals surface area contributed by atoms with Crippen molar-refractivity contribution in [3.63, 3.8) is 0 Å². The van der Waals surface area contributed by atoms with Gasteiger partial charge in [0.2, 0.25) is 0 Å². The van der Waals surface area contributed by atoms with E-state index in [1.807, 2.05) is 0 Å². The molecule has 2 fully saturated rings. The SMILES string of the molecule is CC1CCN(CCCCCCN2CCC(C)C(O)C2)CC1O. The van der Waals surface area contributed by atoms with Gasteiger partial charge < -0.3 is 20.0 Å². The molecule has 2 aliphatic heterocycles. The van der Waals surface area contributed by atoms with Crippen molar-refractivity contribution in [3.05, 3.63) is 0 Å². The second-order valence-electron chi connectivity index (χ2n) is 7.68. The van der Waals surface area contributed by atoms with E-state index in [1.165, 1.54) is 25.7 Å². The molecule has 2 N–H and O–H groups in total. The molecule has 4 unspecified atom stereocenters. The molecule has 0 spiro atoms. The number of likely N-dealkylation sites (tertiary alicyclic amines) is 2. The number of nitrogens with zero attached hydrogens (tertiary/aromatic N) is 2. The Morgan fingerprint density at radius 2 is 1.14 bits per heavy atom. The maximum absolute atomic E-state index is 9.91. The third-order valence-electron chi connectivity index (χ3n) is 5.70. The summed E-state index contributed by atoms with van der Waals surface area (Å²) in [6.45, 7) is 10.6. The Bertz CT molecular complexity index is 283. The van der Waals surface area contributed by atoms with Gasteiger partial charge in [0.25, 0.3) is 0 Å². The molecule has 2 aliphatic rings. The number of hydrogen-bond donors (Lipinski definition) is 2. The van der Waals surface area contributed by atoms with Gasteiger partial charge in [-0.05, 0) is 63.7 Å². The van der Waals surface area contributed by atoms with Gasteiger partial charge in [-0.1, -0.05) is 26.7 Å². The van der Waals surface area contributed by atoms with Crippen LogP contribution < -0.4 is 0 Å². The van der Waals surface area contributed by atoms with Crippen LogP contribution in [0.1, 0.15) is 52.4 Å². The van der Waals surface area contributed by atoms with Crippen LogP contribution in [0, 0.1) is 11.8 Å². The van der Waals surface area contributed by atoms with Crippen LogP contribution in [0.25, 0.3) is 0 Å². The second kappa shape index (κ2) is 9.21. The topological polar surface area (TPSA) is 46.9 Å². The van der Waals surface area contributed by atoms with Crippen molar-refractivity contribution >= 4 is 0 Å². The number of piperidine rings is 2.